The van der Waals surface area contributed by atoms with Gasteiger partial charge in [0, 0.05) is 38.3 Å². The summed E-state index contributed by atoms with van der Waals surface area (Å²) >= 11 is 0. The quantitative estimate of drug-likeness (QED) is 0.621. The van der Waals surface area contributed by atoms with Crippen molar-refractivity contribution >= 4 is 5.78 Å². The molecule has 1 aromatic rings. The Morgan fingerprint density at radius 2 is 1.95 bits per heavy atom. The molecule has 1 saturated heterocycles. The lowest BCUT2D eigenvalue weighted by atomic mass is 10.1. The van der Waals surface area contributed by atoms with Gasteiger partial charge in [0.2, 0.25) is 0 Å². The second-order valence-electron chi connectivity index (χ2n) is 5.08. The summed E-state index contributed by atoms with van der Waals surface area (Å²) in [6, 6.07) is 7.39. The number of nitrogens with zero attached hydrogens (tertiary/aromatic N) is 2. The molecule has 4 nitrogen and oxygen atoms in total. The van der Waals surface area contributed by atoms with Gasteiger partial charge in [0.05, 0.1) is 0 Å². The first-order valence-corrected chi connectivity index (χ1v) is 6.80. The molecule has 0 bridgehead atoms. The summed E-state index contributed by atoms with van der Waals surface area (Å²) in [5, 5.41) is 0. The van der Waals surface area contributed by atoms with Crippen molar-refractivity contribution in [2.24, 2.45) is 0 Å². The molecule has 1 heterocycles. The average molecular weight is 298 g/mol. The summed E-state index contributed by atoms with van der Waals surface area (Å²) < 4.78 is 5.72. The molecule has 0 radical (unpaired) electrons. The molecule has 5 heteroatoms. The van der Waals surface area contributed by atoms with E-state index in [1.807, 2.05) is 24.3 Å². The Morgan fingerprint density at radius 3 is 2.60 bits per heavy atom. The highest BCUT2D eigenvalue weighted by Crippen LogP contribution is 2.13. The summed E-state index contributed by atoms with van der Waals surface area (Å²) in [7, 11) is 2.15. The van der Waals surface area contributed by atoms with Crippen LogP contribution in [0.4, 0.5) is 0 Å². The van der Waals surface area contributed by atoms with Gasteiger partial charge in [-0.1, -0.05) is 12.1 Å². The van der Waals surface area contributed by atoms with Gasteiger partial charge in [-0.05, 0) is 26.1 Å². The van der Waals surface area contributed by atoms with Crippen LogP contribution in [0.1, 0.15) is 17.3 Å². The molecule has 0 spiro atoms. The van der Waals surface area contributed by atoms with E-state index in [1.165, 1.54) is 0 Å². The molecule has 1 aromatic carbocycles. The number of ketones is 1. The third kappa shape index (κ3) is 5.12. The van der Waals surface area contributed by atoms with Gasteiger partial charge in [0.25, 0.3) is 0 Å². The van der Waals surface area contributed by atoms with Gasteiger partial charge in [-0.3, -0.25) is 9.69 Å². The number of hydrogen-bond acceptors (Lipinski definition) is 4. The van der Waals surface area contributed by atoms with E-state index < -0.39 is 0 Å². The van der Waals surface area contributed by atoms with Crippen LogP contribution in [0.25, 0.3) is 0 Å². The molecule has 0 aliphatic carbocycles. The van der Waals surface area contributed by atoms with Gasteiger partial charge in [-0.15, -0.1) is 0 Å². The lowest BCUT2D eigenvalue weighted by Crippen LogP contribution is -3.00. The number of ether oxygens (including phenoxy) is 1. The molecular weight excluding hydrogens is 276 g/mol. The monoisotopic (exact) mass is 297 g/mol. The fourth-order valence-corrected chi connectivity index (χ4v) is 2.17. The third-order valence-corrected chi connectivity index (χ3v) is 3.51. The van der Waals surface area contributed by atoms with Crippen molar-refractivity contribution in [3.63, 3.8) is 0 Å². The van der Waals surface area contributed by atoms with Crippen molar-refractivity contribution in [1.29, 1.82) is 0 Å². The predicted molar refractivity (Wildman–Crippen MR) is 75.9 cm³/mol. The average Bonchev–Trinajstić information content (AvgIpc) is 2.41. The summed E-state index contributed by atoms with van der Waals surface area (Å²) in [5.41, 5.74) is 0.706. The molecule has 0 atom stereocenters. The van der Waals surface area contributed by atoms with Gasteiger partial charge in [-0.25, -0.2) is 0 Å². The summed E-state index contributed by atoms with van der Waals surface area (Å²) in [6.45, 7) is 7.65. The first kappa shape index (κ1) is 17.0. The fourth-order valence-electron chi connectivity index (χ4n) is 2.17. The number of likely N-dealkylation sites (N-methyl/N-ethyl adjacent to an activating group) is 1. The maximum atomic E-state index is 11.3. The Morgan fingerprint density at radius 1 is 1.25 bits per heavy atom. The zero-order valence-electron chi connectivity index (χ0n) is 12.1. The number of rotatable bonds is 5. The van der Waals surface area contributed by atoms with E-state index in [-0.39, 0.29) is 18.2 Å². The minimum Gasteiger partial charge on any atom is -1.00 e. The molecule has 20 heavy (non-hydrogen) atoms. The molecule has 0 amide bonds. The number of carbonyl (C=O) groups excluding carboxylic acids is 1. The Kier molecular flexibility index (Phi) is 6.99. The van der Waals surface area contributed by atoms with Crippen molar-refractivity contribution in [2.45, 2.75) is 6.92 Å². The van der Waals surface area contributed by atoms with E-state index in [2.05, 4.69) is 16.8 Å². The Balaban J connectivity index is 0.00000200. The van der Waals surface area contributed by atoms with E-state index in [9.17, 15) is 4.79 Å². The minimum atomic E-state index is 0. The zero-order chi connectivity index (χ0) is 13.7. The highest BCUT2D eigenvalue weighted by atomic mass is 35.5. The van der Waals surface area contributed by atoms with Crippen LogP contribution in [-0.2, 0) is 0 Å². The van der Waals surface area contributed by atoms with Crippen molar-refractivity contribution < 1.29 is 21.9 Å². The lowest BCUT2D eigenvalue weighted by molar-refractivity contribution is -0.0000124. The van der Waals surface area contributed by atoms with Crippen LogP contribution < -0.4 is 17.1 Å². The van der Waals surface area contributed by atoms with Crippen LogP contribution in [0.15, 0.2) is 24.3 Å². The molecular formula is C15H22ClN2O2-. The standard InChI is InChI=1S/C15H22N2O2.ClH/c1-13(18)14-4-3-5-15(12-14)19-11-10-17-8-6-16(2)7-9-17;/h3-5,12H,6-11H2,1-2H3;1H/p-1. The van der Waals surface area contributed by atoms with Crippen LogP contribution in [0.2, 0.25) is 0 Å². The molecule has 0 aromatic heterocycles. The third-order valence-electron chi connectivity index (χ3n) is 3.51. The Bertz CT molecular complexity index is 432. The summed E-state index contributed by atoms with van der Waals surface area (Å²) in [5.74, 6) is 0.853. The van der Waals surface area contributed by atoms with E-state index in [0.717, 1.165) is 38.5 Å². The van der Waals surface area contributed by atoms with Crippen LogP contribution in [-0.4, -0.2) is 62.0 Å². The van der Waals surface area contributed by atoms with E-state index in [0.29, 0.717) is 12.2 Å². The van der Waals surface area contributed by atoms with Crippen LogP contribution in [0, 0.1) is 0 Å². The van der Waals surface area contributed by atoms with Gasteiger partial charge >= 0.3 is 0 Å². The van der Waals surface area contributed by atoms with Crippen molar-refractivity contribution in [1.82, 2.24) is 9.80 Å². The van der Waals surface area contributed by atoms with Gasteiger partial charge < -0.3 is 22.0 Å². The van der Waals surface area contributed by atoms with Crippen LogP contribution >= 0.6 is 0 Å². The van der Waals surface area contributed by atoms with Crippen LogP contribution in [0.3, 0.4) is 0 Å². The van der Waals surface area contributed by atoms with Gasteiger partial charge in [0.15, 0.2) is 5.78 Å². The maximum Gasteiger partial charge on any atom is 0.159 e. The first-order valence-electron chi connectivity index (χ1n) is 6.80. The van der Waals surface area contributed by atoms with E-state index in [4.69, 9.17) is 4.74 Å². The number of piperazine rings is 1. The topological polar surface area (TPSA) is 32.8 Å². The summed E-state index contributed by atoms with van der Waals surface area (Å²) in [6.07, 6.45) is 0. The number of Topliss-reactive ketones (excluding diaryl/α,β-unsaturated/α-hetero) is 1. The van der Waals surface area contributed by atoms with Crippen molar-refractivity contribution in [2.75, 3.05) is 46.4 Å². The fraction of sp³-hybridized carbons (Fsp3) is 0.533. The van der Waals surface area contributed by atoms with Gasteiger partial charge in [0.1, 0.15) is 12.4 Å². The van der Waals surface area contributed by atoms with Crippen molar-refractivity contribution in [3.8, 4) is 5.75 Å². The largest absolute Gasteiger partial charge is 1.00 e. The Hall–Kier alpha value is -1.10. The van der Waals surface area contributed by atoms with E-state index >= 15 is 0 Å². The minimum absolute atomic E-state index is 0. The number of carbonyl (C=O) groups is 1. The number of hydrogen-bond donors (Lipinski definition) is 0. The second-order valence-corrected chi connectivity index (χ2v) is 5.08. The smallest absolute Gasteiger partial charge is 0.159 e. The molecule has 0 N–H and O–H groups in total. The zero-order valence-corrected chi connectivity index (χ0v) is 12.9. The lowest BCUT2D eigenvalue weighted by Gasteiger charge is -2.32. The molecule has 112 valence electrons. The SMILES string of the molecule is CC(=O)c1cccc(OCCN2CCN(C)CC2)c1.[Cl-]. The maximum absolute atomic E-state index is 11.3. The molecule has 0 saturated carbocycles. The molecule has 1 fully saturated rings. The van der Waals surface area contributed by atoms with Crippen molar-refractivity contribution in [3.05, 3.63) is 29.8 Å². The van der Waals surface area contributed by atoms with E-state index in [1.54, 1.807) is 6.92 Å². The second kappa shape index (κ2) is 8.25. The Labute approximate surface area is 127 Å². The van der Waals surface area contributed by atoms with Gasteiger partial charge in [-0.2, -0.15) is 0 Å². The predicted octanol–water partition coefficient (Wildman–Crippen LogP) is -1.48. The highest BCUT2D eigenvalue weighted by molar-refractivity contribution is 5.94. The highest BCUT2D eigenvalue weighted by Gasteiger charge is 2.13. The number of benzene rings is 1. The number of halogens is 1. The molecule has 2 rings (SSSR count). The molecule has 1 aliphatic rings. The molecule has 1 aliphatic heterocycles. The summed E-state index contributed by atoms with van der Waals surface area (Å²) in [4.78, 5) is 16.0. The normalized spacial score (nSPS) is 16.5. The molecule has 0 unspecified atom stereocenters. The van der Waals surface area contributed by atoms with Crippen LogP contribution in [0.5, 0.6) is 5.75 Å². The first-order chi connectivity index (χ1) is 9.15.